The van der Waals surface area contributed by atoms with E-state index in [-0.39, 0.29) is 10.9 Å². The fourth-order valence-electron chi connectivity index (χ4n) is 4.21. The van der Waals surface area contributed by atoms with Gasteiger partial charge in [-0.3, -0.25) is 0 Å². The molecule has 0 saturated heterocycles. The van der Waals surface area contributed by atoms with Crippen LogP contribution in [0.3, 0.4) is 0 Å². The second-order valence-corrected chi connectivity index (χ2v) is 10.3. The number of halogens is 1. The van der Waals surface area contributed by atoms with Gasteiger partial charge in [0.25, 0.3) is 0 Å². The van der Waals surface area contributed by atoms with Crippen LogP contribution < -0.4 is 15.8 Å². The maximum atomic E-state index is 12.1. The maximum absolute atomic E-state index is 12.1. The Morgan fingerprint density at radius 2 is 1.71 bits per heavy atom. The van der Waals surface area contributed by atoms with E-state index in [4.69, 9.17) is 16.7 Å². The fraction of sp³-hybridized carbons (Fsp3) is 0.435. The standard InChI is InChI=1S/C23H30ClN3O3S/c1-16-6-11-22(31(25,29)30)20(12-16)13-17-7-9-18(10-8-17)14-26-23(28)27-15-19-4-2-3-5-21(19)24/h2-6,11-12,17-18H,7-10,13-15H2,1H3,(H2,25,29,30)(H2,26,27,28). The van der Waals surface area contributed by atoms with Crippen molar-refractivity contribution in [3.8, 4) is 0 Å². The molecule has 0 heterocycles. The van der Waals surface area contributed by atoms with Crippen LogP contribution in [-0.2, 0) is 23.0 Å². The summed E-state index contributed by atoms with van der Waals surface area (Å²) in [6, 6.07) is 12.6. The molecule has 6 nitrogen and oxygen atoms in total. The topological polar surface area (TPSA) is 101 Å². The highest BCUT2D eigenvalue weighted by molar-refractivity contribution is 7.89. The molecule has 4 N–H and O–H groups in total. The minimum atomic E-state index is -3.72. The monoisotopic (exact) mass is 463 g/mol. The molecule has 1 saturated carbocycles. The van der Waals surface area contributed by atoms with Crippen LogP contribution in [0.15, 0.2) is 47.4 Å². The molecule has 31 heavy (non-hydrogen) atoms. The molecule has 1 fully saturated rings. The van der Waals surface area contributed by atoms with Crippen molar-refractivity contribution < 1.29 is 13.2 Å². The van der Waals surface area contributed by atoms with Crippen molar-refractivity contribution in [1.29, 1.82) is 0 Å². The zero-order valence-corrected chi connectivity index (χ0v) is 19.3. The third-order valence-electron chi connectivity index (χ3n) is 5.95. The average molecular weight is 464 g/mol. The number of aryl methyl sites for hydroxylation is 1. The quantitative estimate of drug-likeness (QED) is 0.574. The molecule has 1 aliphatic rings. The zero-order valence-electron chi connectivity index (χ0n) is 17.7. The van der Waals surface area contributed by atoms with Gasteiger partial charge in [0.05, 0.1) is 4.90 Å². The Morgan fingerprint density at radius 1 is 1.03 bits per heavy atom. The van der Waals surface area contributed by atoms with Crippen LogP contribution in [0.4, 0.5) is 4.79 Å². The summed E-state index contributed by atoms with van der Waals surface area (Å²) in [4.78, 5) is 12.3. The van der Waals surface area contributed by atoms with E-state index >= 15 is 0 Å². The van der Waals surface area contributed by atoms with Crippen LogP contribution in [0.1, 0.15) is 42.4 Å². The molecule has 2 aromatic rings. The molecule has 0 bridgehead atoms. The molecule has 0 spiro atoms. The number of amides is 2. The van der Waals surface area contributed by atoms with Gasteiger partial charge < -0.3 is 10.6 Å². The zero-order chi connectivity index (χ0) is 22.4. The van der Waals surface area contributed by atoms with Crippen LogP contribution in [0.25, 0.3) is 0 Å². The van der Waals surface area contributed by atoms with E-state index in [0.29, 0.717) is 36.4 Å². The predicted octanol–water partition coefficient (Wildman–Crippen LogP) is 4.14. The summed E-state index contributed by atoms with van der Waals surface area (Å²) in [5.41, 5.74) is 2.72. The lowest BCUT2D eigenvalue weighted by atomic mass is 9.79. The third-order valence-corrected chi connectivity index (χ3v) is 7.33. The van der Waals surface area contributed by atoms with Crippen molar-refractivity contribution in [1.82, 2.24) is 10.6 Å². The first kappa shape index (κ1) is 23.6. The molecule has 3 rings (SSSR count). The molecule has 1 aliphatic carbocycles. The minimum absolute atomic E-state index is 0.195. The molecule has 0 radical (unpaired) electrons. The first-order valence-electron chi connectivity index (χ1n) is 10.6. The van der Waals surface area contributed by atoms with Crippen molar-refractivity contribution >= 4 is 27.7 Å². The highest BCUT2D eigenvalue weighted by Gasteiger charge is 2.24. The van der Waals surface area contributed by atoms with Gasteiger partial charge in [-0.2, -0.15) is 0 Å². The van der Waals surface area contributed by atoms with Crippen molar-refractivity contribution in [2.75, 3.05) is 6.54 Å². The van der Waals surface area contributed by atoms with Gasteiger partial charge in [0.1, 0.15) is 0 Å². The SMILES string of the molecule is Cc1ccc(S(N)(=O)=O)c(CC2CCC(CNC(=O)NCc3ccccc3Cl)CC2)c1. The summed E-state index contributed by atoms with van der Waals surface area (Å²) in [6.07, 6.45) is 4.74. The molecule has 0 atom stereocenters. The molecule has 0 unspecified atom stereocenters. The second-order valence-electron chi connectivity index (χ2n) is 8.40. The largest absolute Gasteiger partial charge is 0.338 e. The first-order valence-corrected chi connectivity index (χ1v) is 12.5. The first-order chi connectivity index (χ1) is 14.7. The van der Waals surface area contributed by atoms with Gasteiger partial charge in [0.15, 0.2) is 0 Å². The van der Waals surface area contributed by atoms with E-state index in [1.54, 1.807) is 18.2 Å². The number of sulfonamides is 1. The minimum Gasteiger partial charge on any atom is -0.338 e. The summed E-state index contributed by atoms with van der Waals surface area (Å²) in [5, 5.41) is 11.8. The van der Waals surface area contributed by atoms with Gasteiger partial charge in [-0.05, 0) is 74.1 Å². The lowest BCUT2D eigenvalue weighted by molar-refractivity contribution is 0.230. The molecule has 0 aromatic heterocycles. The van der Waals surface area contributed by atoms with Crippen molar-refractivity contribution in [2.45, 2.75) is 50.5 Å². The number of primary sulfonamides is 1. The van der Waals surface area contributed by atoms with Crippen LogP contribution >= 0.6 is 11.6 Å². The maximum Gasteiger partial charge on any atom is 0.315 e. The Kier molecular flexibility index (Phi) is 7.97. The molecule has 0 aliphatic heterocycles. The number of urea groups is 1. The number of benzene rings is 2. The predicted molar refractivity (Wildman–Crippen MR) is 123 cm³/mol. The van der Waals surface area contributed by atoms with E-state index in [1.807, 2.05) is 31.2 Å². The number of carbonyl (C=O) groups excluding carboxylic acids is 1. The van der Waals surface area contributed by atoms with Crippen LogP contribution in [-0.4, -0.2) is 21.0 Å². The Labute approximate surface area is 189 Å². The Morgan fingerprint density at radius 3 is 2.39 bits per heavy atom. The van der Waals surface area contributed by atoms with Crippen LogP contribution in [0.5, 0.6) is 0 Å². The van der Waals surface area contributed by atoms with Gasteiger partial charge in [-0.1, -0.05) is 47.5 Å². The van der Waals surface area contributed by atoms with Gasteiger partial charge in [0.2, 0.25) is 10.0 Å². The van der Waals surface area contributed by atoms with E-state index < -0.39 is 10.0 Å². The molecular weight excluding hydrogens is 434 g/mol. The molecule has 8 heteroatoms. The summed E-state index contributed by atoms with van der Waals surface area (Å²) >= 11 is 6.11. The number of carbonyl (C=O) groups is 1. The van der Waals surface area contributed by atoms with Crippen LogP contribution in [0.2, 0.25) is 5.02 Å². The number of nitrogens with one attached hydrogen (secondary N) is 2. The van der Waals surface area contributed by atoms with Crippen molar-refractivity contribution in [3.63, 3.8) is 0 Å². The number of nitrogens with two attached hydrogens (primary N) is 1. The summed E-state index contributed by atoms with van der Waals surface area (Å²) in [5.74, 6) is 0.852. The third kappa shape index (κ3) is 6.95. The lowest BCUT2D eigenvalue weighted by Gasteiger charge is -2.29. The normalized spacial score (nSPS) is 19.1. The molecule has 2 amide bonds. The number of hydrogen-bond acceptors (Lipinski definition) is 3. The smallest absolute Gasteiger partial charge is 0.315 e. The van der Waals surface area contributed by atoms with E-state index in [1.165, 1.54) is 0 Å². The van der Waals surface area contributed by atoms with Crippen molar-refractivity contribution in [3.05, 3.63) is 64.2 Å². The average Bonchev–Trinajstić information content (AvgIpc) is 2.72. The van der Waals surface area contributed by atoms with Gasteiger partial charge in [-0.15, -0.1) is 0 Å². The highest BCUT2D eigenvalue weighted by Crippen LogP contribution is 2.32. The van der Waals surface area contributed by atoms with E-state index in [2.05, 4.69) is 10.6 Å². The fourth-order valence-corrected chi connectivity index (χ4v) is 5.18. The molecule has 168 valence electrons. The van der Waals surface area contributed by atoms with Gasteiger partial charge in [0, 0.05) is 18.1 Å². The summed E-state index contributed by atoms with van der Waals surface area (Å²) in [7, 11) is -3.72. The Bertz CT molecular complexity index is 1020. The lowest BCUT2D eigenvalue weighted by Crippen LogP contribution is -2.38. The number of rotatable bonds is 7. The second kappa shape index (κ2) is 10.5. The molecule has 2 aromatic carbocycles. The van der Waals surface area contributed by atoms with Gasteiger partial charge in [-0.25, -0.2) is 18.4 Å². The summed E-state index contributed by atoms with van der Waals surface area (Å²) in [6.45, 7) is 2.98. The summed E-state index contributed by atoms with van der Waals surface area (Å²) < 4.78 is 23.8. The Balaban J connectivity index is 1.44. The highest BCUT2D eigenvalue weighted by atomic mass is 35.5. The number of hydrogen-bond donors (Lipinski definition) is 3. The Hall–Kier alpha value is -2.09. The van der Waals surface area contributed by atoms with Crippen LogP contribution in [0, 0.1) is 18.8 Å². The van der Waals surface area contributed by atoms with Gasteiger partial charge >= 0.3 is 6.03 Å². The van der Waals surface area contributed by atoms with Crippen molar-refractivity contribution in [2.24, 2.45) is 17.0 Å². The van der Waals surface area contributed by atoms with E-state index in [9.17, 15) is 13.2 Å². The van der Waals surface area contributed by atoms with E-state index in [0.717, 1.165) is 42.4 Å². The molecular formula is C23H30ClN3O3S.